The van der Waals surface area contributed by atoms with Crippen molar-refractivity contribution in [1.29, 1.82) is 0 Å². The highest BCUT2D eigenvalue weighted by atomic mass is 19.1. The van der Waals surface area contributed by atoms with Gasteiger partial charge in [-0.1, -0.05) is 25.1 Å². The maximum Gasteiger partial charge on any atom is 0.125 e. The normalized spacial score (nSPS) is 13.0. The lowest BCUT2D eigenvalue weighted by Gasteiger charge is -2.07. The monoisotopic (exact) mass is 166 g/mol. The molecule has 0 aliphatic rings. The Bertz CT molecular complexity index is 266. The molecule has 1 unspecified atom stereocenters. The summed E-state index contributed by atoms with van der Waals surface area (Å²) in [7, 11) is 0. The van der Waals surface area contributed by atoms with Crippen LogP contribution in [-0.2, 0) is 0 Å². The van der Waals surface area contributed by atoms with Crippen molar-refractivity contribution in [2.24, 2.45) is 0 Å². The summed E-state index contributed by atoms with van der Waals surface area (Å²) in [5.74, 6) is 0. The van der Waals surface area contributed by atoms with Crippen LogP contribution in [0.5, 0.6) is 0 Å². The Morgan fingerprint density at radius 2 is 1.92 bits per heavy atom. The van der Waals surface area contributed by atoms with Crippen LogP contribution in [0.4, 0.5) is 4.39 Å². The maximum atomic E-state index is 13.2. The molecule has 0 aromatic heterocycles. The first-order valence-electron chi connectivity index (χ1n) is 4.36. The van der Waals surface area contributed by atoms with Gasteiger partial charge in [-0.2, -0.15) is 0 Å². The zero-order valence-electron chi connectivity index (χ0n) is 7.89. The Morgan fingerprint density at radius 3 is 2.42 bits per heavy atom. The summed E-state index contributed by atoms with van der Waals surface area (Å²) >= 11 is 0. The van der Waals surface area contributed by atoms with Crippen LogP contribution < -0.4 is 0 Å². The van der Waals surface area contributed by atoms with E-state index < -0.39 is 6.17 Å². The number of hydrogen-bond acceptors (Lipinski definition) is 0. The Morgan fingerprint density at radius 1 is 1.25 bits per heavy atom. The molecular formula is C11H15F. The second kappa shape index (κ2) is 3.70. The van der Waals surface area contributed by atoms with Gasteiger partial charge in [0.05, 0.1) is 0 Å². The van der Waals surface area contributed by atoms with Gasteiger partial charge in [-0.25, -0.2) is 4.39 Å². The highest BCUT2D eigenvalue weighted by Crippen LogP contribution is 2.22. The van der Waals surface area contributed by atoms with Gasteiger partial charge in [0.2, 0.25) is 0 Å². The summed E-state index contributed by atoms with van der Waals surface area (Å²) in [6, 6.07) is 5.78. The molecule has 0 aliphatic heterocycles. The van der Waals surface area contributed by atoms with Crippen LogP contribution in [0.15, 0.2) is 18.2 Å². The van der Waals surface area contributed by atoms with Gasteiger partial charge in [0.1, 0.15) is 6.17 Å². The lowest BCUT2D eigenvalue weighted by molar-refractivity contribution is 0.334. The number of aryl methyl sites for hydroxylation is 2. The van der Waals surface area contributed by atoms with E-state index >= 15 is 0 Å². The predicted molar refractivity (Wildman–Crippen MR) is 50.1 cm³/mol. The first kappa shape index (κ1) is 9.24. The smallest absolute Gasteiger partial charge is 0.125 e. The summed E-state index contributed by atoms with van der Waals surface area (Å²) < 4.78 is 13.2. The number of benzene rings is 1. The average molecular weight is 166 g/mol. The summed E-state index contributed by atoms with van der Waals surface area (Å²) in [6.07, 6.45) is -0.244. The molecule has 0 saturated heterocycles. The second-order valence-corrected chi connectivity index (χ2v) is 3.22. The molecule has 0 nitrogen and oxygen atoms in total. The molecule has 1 atom stereocenters. The molecule has 0 aliphatic carbocycles. The maximum absolute atomic E-state index is 13.2. The highest BCUT2D eigenvalue weighted by molar-refractivity contribution is 5.30. The molecule has 0 saturated carbocycles. The molecular weight excluding hydrogens is 151 g/mol. The molecule has 0 spiro atoms. The Hall–Kier alpha value is -0.850. The van der Waals surface area contributed by atoms with E-state index in [1.165, 1.54) is 11.1 Å². The molecule has 66 valence electrons. The third-order valence-corrected chi connectivity index (χ3v) is 2.25. The molecule has 0 N–H and O–H groups in total. The summed E-state index contributed by atoms with van der Waals surface area (Å²) in [4.78, 5) is 0. The fourth-order valence-corrected chi connectivity index (χ4v) is 1.20. The quantitative estimate of drug-likeness (QED) is 0.628. The van der Waals surface area contributed by atoms with Crippen LogP contribution in [0.1, 0.15) is 36.2 Å². The first-order chi connectivity index (χ1) is 5.65. The minimum Gasteiger partial charge on any atom is -0.242 e. The lowest BCUT2D eigenvalue weighted by Crippen LogP contribution is -1.91. The summed E-state index contributed by atoms with van der Waals surface area (Å²) in [5.41, 5.74) is 3.20. The zero-order valence-corrected chi connectivity index (χ0v) is 7.89. The highest BCUT2D eigenvalue weighted by Gasteiger charge is 2.06. The van der Waals surface area contributed by atoms with E-state index in [9.17, 15) is 4.39 Å². The zero-order chi connectivity index (χ0) is 9.14. The molecule has 1 heteroatoms. The van der Waals surface area contributed by atoms with Gasteiger partial charge in [0.25, 0.3) is 0 Å². The van der Waals surface area contributed by atoms with E-state index in [1.54, 1.807) is 0 Å². The van der Waals surface area contributed by atoms with E-state index in [0.29, 0.717) is 6.42 Å². The second-order valence-electron chi connectivity index (χ2n) is 3.22. The van der Waals surface area contributed by atoms with E-state index in [2.05, 4.69) is 0 Å². The van der Waals surface area contributed by atoms with Crippen molar-refractivity contribution in [3.63, 3.8) is 0 Å². The molecule has 1 rings (SSSR count). The van der Waals surface area contributed by atoms with Gasteiger partial charge in [-0.3, -0.25) is 0 Å². The molecule has 0 fully saturated rings. The van der Waals surface area contributed by atoms with E-state index in [-0.39, 0.29) is 0 Å². The predicted octanol–water partition coefficient (Wildman–Crippen LogP) is 3.72. The van der Waals surface area contributed by atoms with Crippen LogP contribution in [0, 0.1) is 13.8 Å². The Kier molecular flexibility index (Phi) is 2.85. The lowest BCUT2D eigenvalue weighted by atomic mass is 10.0. The van der Waals surface area contributed by atoms with E-state index in [0.717, 1.165) is 5.56 Å². The minimum absolute atomic E-state index is 0.558. The number of alkyl halides is 1. The number of hydrogen-bond donors (Lipinski definition) is 0. The molecule has 1 aromatic carbocycles. The van der Waals surface area contributed by atoms with Crippen molar-refractivity contribution in [3.05, 3.63) is 34.9 Å². The molecule has 0 amide bonds. The van der Waals surface area contributed by atoms with Crippen LogP contribution >= 0.6 is 0 Å². The summed E-state index contributed by atoms with van der Waals surface area (Å²) in [6.45, 7) is 5.92. The topological polar surface area (TPSA) is 0 Å². The molecule has 1 aromatic rings. The van der Waals surface area contributed by atoms with E-state index in [4.69, 9.17) is 0 Å². The van der Waals surface area contributed by atoms with Gasteiger partial charge in [-0.05, 0) is 37.0 Å². The van der Waals surface area contributed by atoms with Crippen molar-refractivity contribution < 1.29 is 4.39 Å². The van der Waals surface area contributed by atoms with Gasteiger partial charge < -0.3 is 0 Å². The number of rotatable bonds is 2. The molecule has 0 radical (unpaired) electrons. The average Bonchev–Trinajstić information content (AvgIpc) is 2.08. The van der Waals surface area contributed by atoms with Crippen molar-refractivity contribution >= 4 is 0 Å². The van der Waals surface area contributed by atoms with Crippen LogP contribution in [-0.4, -0.2) is 0 Å². The van der Waals surface area contributed by atoms with Gasteiger partial charge in [0.15, 0.2) is 0 Å². The largest absolute Gasteiger partial charge is 0.242 e. The van der Waals surface area contributed by atoms with Gasteiger partial charge in [-0.15, -0.1) is 0 Å². The Balaban J connectivity index is 2.96. The van der Waals surface area contributed by atoms with Crippen molar-refractivity contribution in [2.75, 3.05) is 0 Å². The first-order valence-corrected chi connectivity index (χ1v) is 4.36. The SMILES string of the molecule is CCC(F)c1ccc(C)c(C)c1. The van der Waals surface area contributed by atoms with E-state index in [1.807, 2.05) is 39.0 Å². The fraction of sp³-hybridized carbons (Fsp3) is 0.455. The minimum atomic E-state index is -0.802. The van der Waals surface area contributed by atoms with Gasteiger partial charge in [0, 0.05) is 0 Å². The van der Waals surface area contributed by atoms with Crippen LogP contribution in [0.25, 0.3) is 0 Å². The van der Waals surface area contributed by atoms with Crippen molar-refractivity contribution in [2.45, 2.75) is 33.4 Å². The fourth-order valence-electron chi connectivity index (χ4n) is 1.20. The molecule has 0 bridgehead atoms. The summed E-state index contributed by atoms with van der Waals surface area (Å²) in [5, 5.41) is 0. The molecule has 0 heterocycles. The molecule has 12 heavy (non-hydrogen) atoms. The number of halogens is 1. The van der Waals surface area contributed by atoms with Gasteiger partial charge >= 0.3 is 0 Å². The van der Waals surface area contributed by atoms with Crippen LogP contribution in [0.2, 0.25) is 0 Å². The Labute approximate surface area is 73.4 Å². The third-order valence-electron chi connectivity index (χ3n) is 2.25. The standard InChI is InChI=1S/C11H15F/c1-4-11(12)10-6-5-8(2)9(3)7-10/h5-7,11H,4H2,1-3H3. The van der Waals surface area contributed by atoms with Crippen molar-refractivity contribution in [1.82, 2.24) is 0 Å². The van der Waals surface area contributed by atoms with Crippen LogP contribution in [0.3, 0.4) is 0 Å². The third kappa shape index (κ3) is 1.84. The van der Waals surface area contributed by atoms with Crippen molar-refractivity contribution in [3.8, 4) is 0 Å².